The fourth-order valence-corrected chi connectivity index (χ4v) is 4.12. The lowest BCUT2D eigenvalue weighted by molar-refractivity contribution is 0.576. The molecular formula is C30H59N. The molecule has 184 valence electrons. The number of nitrogens with one attached hydrogen (secondary N) is 1. The van der Waals surface area contributed by atoms with Crippen LogP contribution in [0.15, 0.2) is 24.4 Å². The van der Waals surface area contributed by atoms with Crippen LogP contribution in [0.1, 0.15) is 162 Å². The number of hydrogen-bond donors (Lipinski definition) is 1. The van der Waals surface area contributed by atoms with E-state index < -0.39 is 0 Å². The Hall–Kier alpha value is -0.720. The molecule has 1 heteroatoms. The van der Waals surface area contributed by atoms with E-state index in [0.717, 1.165) is 6.54 Å². The molecule has 1 N–H and O–H groups in total. The van der Waals surface area contributed by atoms with Crippen LogP contribution in [0.3, 0.4) is 0 Å². The lowest BCUT2D eigenvalue weighted by Gasteiger charge is -2.02. The van der Waals surface area contributed by atoms with Gasteiger partial charge in [0.1, 0.15) is 0 Å². The van der Waals surface area contributed by atoms with Crippen molar-refractivity contribution in [3.63, 3.8) is 0 Å². The summed E-state index contributed by atoms with van der Waals surface area (Å²) >= 11 is 0. The molecule has 0 aliphatic heterocycles. The van der Waals surface area contributed by atoms with Crippen molar-refractivity contribution in [2.24, 2.45) is 0 Å². The van der Waals surface area contributed by atoms with Crippen molar-refractivity contribution in [2.75, 3.05) is 6.54 Å². The highest BCUT2D eigenvalue weighted by Crippen LogP contribution is 2.11. The van der Waals surface area contributed by atoms with E-state index in [1.165, 1.54) is 148 Å². The summed E-state index contributed by atoms with van der Waals surface area (Å²) in [5.74, 6) is 0. The van der Waals surface area contributed by atoms with E-state index in [2.05, 4.69) is 43.6 Å². The molecule has 0 atom stereocenters. The molecule has 0 unspecified atom stereocenters. The Morgan fingerprint density at radius 3 is 1.19 bits per heavy atom. The van der Waals surface area contributed by atoms with E-state index >= 15 is 0 Å². The van der Waals surface area contributed by atoms with E-state index in [0.29, 0.717) is 0 Å². The van der Waals surface area contributed by atoms with Crippen molar-refractivity contribution >= 4 is 0 Å². The second kappa shape index (κ2) is 29.3. The van der Waals surface area contributed by atoms with Crippen LogP contribution in [0.25, 0.3) is 0 Å². The first-order valence-corrected chi connectivity index (χ1v) is 14.4. The smallest absolute Gasteiger partial charge is 0.0141 e. The number of allylic oxidation sites excluding steroid dienone is 3. The van der Waals surface area contributed by atoms with Gasteiger partial charge in [-0.3, -0.25) is 0 Å². The Morgan fingerprint density at radius 2 is 0.742 bits per heavy atom. The minimum Gasteiger partial charge on any atom is -0.391 e. The molecule has 0 fully saturated rings. The average Bonchev–Trinajstić information content (AvgIpc) is 2.78. The summed E-state index contributed by atoms with van der Waals surface area (Å²) in [6.45, 7) is 5.73. The van der Waals surface area contributed by atoms with Crippen LogP contribution in [0, 0.1) is 0 Å². The standard InChI is InChI=1S/C30H59N/c1-3-5-7-9-11-13-15-16-17-18-19-20-22-24-26-28-30-31-29-27-25-23-21-14-12-10-8-6-4-2/h16-17,27,29,31H,3-15,18-26,28,30H2,1-2H3/b17-16-,29-27?. The van der Waals surface area contributed by atoms with Crippen LogP contribution in [-0.4, -0.2) is 6.54 Å². The summed E-state index contributed by atoms with van der Waals surface area (Å²) in [6, 6.07) is 0. The number of unbranched alkanes of at least 4 members (excludes halogenated alkanes) is 20. The Morgan fingerprint density at radius 1 is 0.387 bits per heavy atom. The summed E-state index contributed by atoms with van der Waals surface area (Å²) in [7, 11) is 0. The lowest BCUT2D eigenvalue weighted by Crippen LogP contribution is -2.06. The quantitative estimate of drug-likeness (QED) is 0.106. The van der Waals surface area contributed by atoms with E-state index in [9.17, 15) is 0 Å². The average molecular weight is 434 g/mol. The highest BCUT2D eigenvalue weighted by atomic mass is 14.8. The zero-order valence-electron chi connectivity index (χ0n) is 21.8. The molecule has 0 saturated carbocycles. The molecular weight excluding hydrogens is 374 g/mol. The third-order valence-corrected chi connectivity index (χ3v) is 6.29. The fraction of sp³-hybridized carbons (Fsp3) is 0.867. The van der Waals surface area contributed by atoms with Crippen LogP contribution < -0.4 is 5.32 Å². The summed E-state index contributed by atoms with van der Waals surface area (Å²) in [6.07, 6.45) is 41.3. The van der Waals surface area contributed by atoms with Crippen molar-refractivity contribution in [3.05, 3.63) is 24.4 Å². The molecule has 0 aromatic carbocycles. The maximum atomic E-state index is 3.47. The van der Waals surface area contributed by atoms with Crippen molar-refractivity contribution in [1.29, 1.82) is 0 Å². The molecule has 1 nitrogen and oxygen atoms in total. The highest BCUT2D eigenvalue weighted by molar-refractivity contribution is 4.81. The van der Waals surface area contributed by atoms with Crippen LogP contribution in [0.5, 0.6) is 0 Å². The molecule has 0 bridgehead atoms. The molecule has 0 saturated heterocycles. The van der Waals surface area contributed by atoms with Gasteiger partial charge in [0.15, 0.2) is 0 Å². The van der Waals surface area contributed by atoms with E-state index in [1.54, 1.807) is 0 Å². The van der Waals surface area contributed by atoms with Crippen LogP contribution in [-0.2, 0) is 0 Å². The maximum Gasteiger partial charge on any atom is 0.0141 e. The van der Waals surface area contributed by atoms with Crippen LogP contribution >= 0.6 is 0 Å². The van der Waals surface area contributed by atoms with Gasteiger partial charge in [0.25, 0.3) is 0 Å². The first-order chi connectivity index (χ1) is 15.4. The van der Waals surface area contributed by atoms with Crippen molar-refractivity contribution in [1.82, 2.24) is 5.32 Å². The summed E-state index contributed by atoms with van der Waals surface area (Å²) in [4.78, 5) is 0. The second-order valence-corrected chi connectivity index (χ2v) is 9.56. The summed E-state index contributed by atoms with van der Waals surface area (Å²) in [5, 5.41) is 3.47. The van der Waals surface area contributed by atoms with Gasteiger partial charge in [-0.05, 0) is 51.1 Å². The molecule has 0 amide bonds. The van der Waals surface area contributed by atoms with Crippen LogP contribution in [0.4, 0.5) is 0 Å². The second-order valence-electron chi connectivity index (χ2n) is 9.56. The predicted octanol–water partition coefficient (Wildman–Crippen LogP) is 10.7. The van der Waals surface area contributed by atoms with Crippen LogP contribution in [0.2, 0.25) is 0 Å². The molecule has 0 rings (SSSR count). The van der Waals surface area contributed by atoms with Gasteiger partial charge in [-0.25, -0.2) is 0 Å². The minimum atomic E-state index is 1.15. The van der Waals surface area contributed by atoms with E-state index in [-0.39, 0.29) is 0 Å². The summed E-state index contributed by atoms with van der Waals surface area (Å²) < 4.78 is 0. The van der Waals surface area contributed by atoms with Gasteiger partial charge < -0.3 is 5.32 Å². The molecule has 0 spiro atoms. The van der Waals surface area contributed by atoms with Crippen molar-refractivity contribution < 1.29 is 0 Å². The molecule has 0 radical (unpaired) electrons. The van der Waals surface area contributed by atoms with Gasteiger partial charge in [0, 0.05) is 6.54 Å². The van der Waals surface area contributed by atoms with Crippen molar-refractivity contribution in [2.45, 2.75) is 162 Å². The third-order valence-electron chi connectivity index (χ3n) is 6.29. The minimum absolute atomic E-state index is 1.15. The van der Waals surface area contributed by atoms with Gasteiger partial charge >= 0.3 is 0 Å². The fourth-order valence-electron chi connectivity index (χ4n) is 4.12. The first kappa shape index (κ1) is 30.3. The Bertz CT molecular complexity index is 357. The number of rotatable bonds is 26. The van der Waals surface area contributed by atoms with Gasteiger partial charge in [0.05, 0.1) is 0 Å². The Balaban J connectivity index is 3.11. The normalized spacial score (nSPS) is 11.8. The zero-order chi connectivity index (χ0) is 22.5. The highest BCUT2D eigenvalue weighted by Gasteiger charge is 1.92. The molecule has 31 heavy (non-hydrogen) atoms. The van der Waals surface area contributed by atoms with Gasteiger partial charge in [-0.15, -0.1) is 0 Å². The van der Waals surface area contributed by atoms with Gasteiger partial charge in [-0.1, -0.05) is 135 Å². The van der Waals surface area contributed by atoms with Gasteiger partial charge in [0.2, 0.25) is 0 Å². The van der Waals surface area contributed by atoms with Gasteiger partial charge in [-0.2, -0.15) is 0 Å². The van der Waals surface area contributed by atoms with E-state index in [4.69, 9.17) is 0 Å². The number of hydrogen-bond acceptors (Lipinski definition) is 1. The molecule has 0 heterocycles. The topological polar surface area (TPSA) is 12.0 Å². The zero-order valence-corrected chi connectivity index (χ0v) is 21.8. The monoisotopic (exact) mass is 433 g/mol. The molecule has 0 aliphatic carbocycles. The molecule has 0 aromatic rings. The largest absolute Gasteiger partial charge is 0.391 e. The molecule has 0 aliphatic rings. The van der Waals surface area contributed by atoms with E-state index in [1.807, 2.05) is 0 Å². The van der Waals surface area contributed by atoms with Crippen molar-refractivity contribution in [3.8, 4) is 0 Å². The Kier molecular flexibility index (Phi) is 28.6. The Labute approximate surface area is 197 Å². The molecule has 0 aromatic heterocycles. The SMILES string of the molecule is CCCCCCCC/C=C\CCCCCCCCNC=CCCCCCCCCCC. The summed E-state index contributed by atoms with van der Waals surface area (Å²) in [5.41, 5.74) is 0. The predicted molar refractivity (Wildman–Crippen MR) is 144 cm³/mol. The lowest BCUT2D eigenvalue weighted by atomic mass is 10.1. The first-order valence-electron chi connectivity index (χ1n) is 14.4. The third kappa shape index (κ3) is 29.3. The maximum absolute atomic E-state index is 3.47.